The van der Waals surface area contributed by atoms with Gasteiger partial charge in [-0.2, -0.15) is 0 Å². The molecule has 1 fully saturated rings. The van der Waals surface area contributed by atoms with Crippen LogP contribution in [-0.2, 0) is 19.6 Å². The van der Waals surface area contributed by atoms with Crippen LogP contribution >= 0.6 is 0 Å². The highest BCUT2D eigenvalue weighted by Gasteiger charge is 2.22. The van der Waals surface area contributed by atoms with Gasteiger partial charge in [-0.25, -0.2) is 13.1 Å². The first-order chi connectivity index (χ1) is 14.2. The van der Waals surface area contributed by atoms with Crippen LogP contribution in [0.3, 0.4) is 0 Å². The predicted octanol–water partition coefficient (Wildman–Crippen LogP) is 1.15. The van der Waals surface area contributed by atoms with Crippen molar-refractivity contribution in [2.75, 3.05) is 32.1 Å². The van der Waals surface area contributed by atoms with Crippen molar-refractivity contribution in [1.29, 1.82) is 0 Å². The second-order valence-electron chi connectivity index (χ2n) is 7.05. The van der Waals surface area contributed by atoms with E-state index in [1.807, 2.05) is 0 Å². The average Bonchev–Trinajstić information content (AvgIpc) is 3.37. The lowest BCUT2D eigenvalue weighted by Crippen LogP contribution is -2.35. The average molecular weight is 436 g/mol. The number of carbonyl (C=O) groups excluding carboxylic acids is 2. The maximum atomic E-state index is 12.7. The summed E-state index contributed by atoms with van der Waals surface area (Å²) in [5.41, 5.74) is 0.155. The highest BCUT2D eigenvalue weighted by molar-refractivity contribution is 7.89. The summed E-state index contributed by atoms with van der Waals surface area (Å²) < 4.78 is 37.9. The number of aromatic nitrogens is 1. The Kier molecular flexibility index (Phi) is 6.85. The third kappa shape index (κ3) is 5.65. The number of nitrogens with one attached hydrogen (secondary N) is 2. The van der Waals surface area contributed by atoms with Crippen LogP contribution < -0.4 is 10.0 Å². The van der Waals surface area contributed by atoms with Crippen molar-refractivity contribution in [3.05, 3.63) is 41.7 Å². The summed E-state index contributed by atoms with van der Waals surface area (Å²) >= 11 is 0. The van der Waals surface area contributed by atoms with Gasteiger partial charge in [-0.1, -0.05) is 11.2 Å². The molecule has 1 aromatic carbocycles. The number of amides is 2. The van der Waals surface area contributed by atoms with Gasteiger partial charge in [0, 0.05) is 31.8 Å². The molecule has 1 saturated heterocycles. The van der Waals surface area contributed by atoms with Crippen molar-refractivity contribution in [2.24, 2.45) is 0 Å². The number of sulfonamides is 1. The zero-order valence-corrected chi connectivity index (χ0v) is 17.6. The highest BCUT2D eigenvalue weighted by Crippen LogP contribution is 2.15. The van der Waals surface area contributed by atoms with E-state index < -0.39 is 21.8 Å². The third-order valence-corrected chi connectivity index (χ3v) is 5.96. The van der Waals surface area contributed by atoms with Crippen molar-refractivity contribution in [2.45, 2.75) is 30.8 Å². The molecule has 30 heavy (non-hydrogen) atoms. The Hall–Kier alpha value is -2.76. The Balaban J connectivity index is 1.61. The quantitative estimate of drug-likeness (QED) is 0.635. The molecule has 0 radical (unpaired) electrons. The number of hydrogen-bond acceptors (Lipinski definition) is 7. The number of nitrogens with zero attached hydrogens (tertiary/aromatic N) is 2. The van der Waals surface area contributed by atoms with E-state index in [9.17, 15) is 18.0 Å². The molecule has 3 rings (SSSR count). The van der Waals surface area contributed by atoms with E-state index in [0.29, 0.717) is 12.4 Å². The number of benzene rings is 1. The molecule has 162 valence electrons. The number of carbonyl (C=O) groups is 2. The van der Waals surface area contributed by atoms with Gasteiger partial charge in [-0.3, -0.25) is 9.59 Å². The largest absolute Gasteiger partial charge is 0.377 e. The molecule has 1 aliphatic rings. The van der Waals surface area contributed by atoms with Crippen LogP contribution in [0.1, 0.15) is 29.0 Å². The Labute approximate surface area is 174 Å². The molecule has 1 atom stereocenters. The van der Waals surface area contributed by atoms with Gasteiger partial charge < -0.3 is 19.5 Å². The molecule has 2 N–H and O–H groups in total. The minimum atomic E-state index is -3.79. The SMILES string of the molecule is Cc1cc(NC(=O)CN(C)C(=O)c2cccc(S(=O)(=O)NC[C@H]3CCCO3)c2)no1. The minimum Gasteiger partial charge on any atom is -0.377 e. The molecular weight excluding hydrogens is 412 g/mol. The van der Waals surface area contributed by atoms with E-state index in [4.69, 9.17) is 9.26 Å². The van der Waals surface area contributed by atoms with Gasteiger partial charge in [0.2, 0.25) is 15.9 Å². The summed E-state index contributed by atoms with van der Waals surface area (Å²) in [5, 5.41) is 6.18. The molecule has 2 amide bonds. The monoisotopic (exact) mass is 436 g/mol. The second kappa shape index (κ2) is 9.37. The van der Waals surface area contributed by atoms with Crippen molar-refractivity contribution in [3.8, 4) is 0 Å². The molecule has 10 nitrogen and oxygen atoms in total. The van der Waals surface area contributed by atoms with Gasteiger partial charge in [-0.15, -0.1) is 0 Å². The van der Waals surface area contributed by atoms with Crippen LogP contribution in [0.15, 0.2) is 39.8 Å². The van der Waals surface area contributed by atoms with Crippen LogP contribution in [0, 0.1) is 6.92 Å². The van der Waals surface area contributed by atoms with E-state index in [2.05, 4.69) is 15.2 Å². The molecule has 0 aliphatic carbocycles. The molecule has 0 saturated carbocycles. The van der Waals surface area contributed by atoms with E-state index in [0.717, 1.165) is 12.8 Å². The summed E-state index contributed by atoms with van der Waals surface area (Å²) in [6, 6.07) is 7.23. The summed E-state index contributed by atoms with van der Waals surface area (Å²) in [6.45, 7) is 2.27. The van der Waals surface area contributed by atoms with E-state index >= 15 is 0 Å². The summed E-state index contributed by atoms with van der Waals surface area (Å²) in [7, 11) is -2.34. The maximum Gasteiger partial charge on any atom is 0.254 e. The molecule has 11 heteroatoms. The highest BCUT2D eigenvalue weighted by atomic mass is 32.2. The molecule has 0 spiro atoms. The van der Waals surface area contributed by atoms with Crippen LogP contribution in [0.25, 0.3) is 0 Å². The number of rotatable bonds is 8. The van der Waals surface area contributed by atoms with Crippen molar-refractivity contribution in [3.63, 3.8) is 0 Å². The zero-order valence-electron chi connectivity index (χ0n) is 16.8. The van der Waals surface area contributed by atoms with Gasteiger partial charge in [0.05, 0.1) is 17.5 Å². The second-order valence-corrected chi connectivity index (χ2v) is 8.81. The van der Waals surface area contributed by atoms with Gasteiger partial charge in [0.1, 0.15) is 5.76 Å². The lowest BCUT2D eigenvalue weighted by atomic mass is 10.2. The van der Waals surface area contributed by atoms with Crippen molar-refractivity contribution < 1.29 is 27.3 Å². The number of likely N-dealkylation sites (N-methyl/N-ethyl adjacent to an activating group) is 1. The Morgan fingerprint density at radius 3 is 2.77 bits per heavy atom. The summed E-state index contributed by atoms with van der Waals surface area (Å²) in [5.74, 6) is -0.150. The van der Waals surface area contributed by atoms with Gasteiger partial charge in [0.25, 0.3) is 5.91 Å². The fourth-order valence-electron chi connectivity index (χ4n) is 3.00. The Morgan fingerprint density at radius 2 is 2.10 bits per heavy atom. The van der Waals surface area contributed by atoms with Crippen LogP contribution in [0.2, 0.25) is 0 Å². The van der Waals surface area contributed by atoms with Gasteiger partial charge in [0.15, 0.2) is 5.82 Å². The van der Waals surface area contributed by atoms with E-state index in [1.54, 1.807) is 13.0 Å². The number of hydrogen-bond donors (Lipinski definition) is 2. The fraction of sp³-hybridized carbons (Fsp3) is 0.421. The zero-order chi connectivity index (χ0) is 21.7. The van der Waals surface area contributed by atoms with Crippen LogP contribution in [-0.4, -0.2) is 63.1 Å². The number of anilines is 1. The first-order valence-corrected chi connectivity index (χ1v) is 10.9. The first kappa shape index (κ1) is 21.9. The number of ether oxygens (including phenoxy) is 1. The fourth-order valence-corrected chi connectivity index (χ4v) is 4.11. The normalized spacial score (nSPS) is 16.4. The number of aryl methyl sites for hydroxylation is 1. The molecule has 1 aromatic heterocycles. The summed E-state index contributed by atoms with van der Waals surface area (Å²) in [4.78, 5) is 25.9. The topological polar surface area (TPSA) is 131 Å². The molecule has 1 aliphatic heterocycles. The Bertz CT molecular complexity index is 1010. The van der Waals surface area contributed by atoms with Crippen molar-refractivity contribution in [1.82, 2.24) is 14.8 Å². The lowest BCUT2D eigenvalue weighted by Gasteiger charge is -2.17. The smallest absolute Gasteiger partial charge is 0.254 e. The van der Waals surface area contributed by atoms with Gasteiger partial charge in [-0.05, 0) is 38.0 Å². The first-order valence-electron chi connectivity index (χ1n) is 9.44. The molecule has 2 heterocycles. The molecule has 0 unspecified atom stereocenters. The van der Waals surface area contributed by atoms with Gasteiger partial charge >= 0.3 is 0 Å². The maximum absolute atomic E-state index is 12.7. The van der Waals surface area contributed by atoms with E-state index in [1.165, 1.54) is 36.2 Å². The standard InChI is InChI=1S/C19H24N4O6S/c1-13-9-17(22-29-13)21-18(24)12-23(2)19(25)14-5-3-7-16(10-14)30(26,27)20-11-15-6-4-8-28-15/h3,5,7,9-10,15,20H,4,6,8,11-12H2,1-2H3,(H,21,22,24)/t15-/m1/s1. The summed E-state index contributed by atoms with van der Waals surface area (Å²) in [6.07, 6.45) is 1.58. The third-order valence-electron chi connectivity index (χ3n) is 4.54. The lowest BCUT2D eigenvalue weighted by molar-refractivity contribution is -0.116. The van der Waals surface area contributed by atoms with Crippen LogP contribution in [0.5, 0.6) is 0 Å². The van der Waals surface area contributed by atoms with E-state index in [-0.39, 0.29) is 35.5 Å². The van der Waals surface area contributed by atoms with Crippen molar-refractivity contribution >= 4 is 27.7 Å². The van der Waals surface area contributed by atoms with Crippen LogP contribution in [0.4, 0.5) is 5.82 Å². The molecule has 2 aromatic rings. The minimum absolute atomic E-state index is 0.0257. The molecule has 0 bridgehead atoms. The Morgan fingerprint density at radius 1 is 1.30 bits per heavy atom. The predicted molar refractivity (Wildman–Crippen MR) is 107 cm³/mol. The molecular formula is C19H24N4O6S.